The van der Waals surface area contributed by atoms with Crippen LogP contribution in [-0.2, 0) is 13.0 Å². The number of hydrogen-bond donors (Lipinski definition) is 0. The number of likely N-dealkylation sites (tertiary alicyclic amines) is 2. The van der Waals surface area contributed by atoms with Crippen molar-refractivity contribution < 1.29 is 4.79 Å². The van der Waals surface area contributed by atoms with Gasteiger partial charge in [-0.05, 0) is 80.3 Å². The summed E-state index contributed by atoms with van der Waals surface area (Å²) in [6.45, 7) is 7.42. The highest BCUT2D eigenvalue weighted by atomic mass is 16.2. The third-order valence-corrected chi connectivity index (χ3v) is 6.75. The summed E-state index contributed by atoms with van der Waals surface area (Å²) in [6.07, 6.45) is 6.02. The van der Waals surface area contributed by atoms with Crippen LogP contribution in [0.3, 0.4) is 0 Å². The molecule has 2 aromatic rings. The van der Waals surface area contributed by atoms with Crippen LogP contribution in [-0.4, -0.2) is 41.9 Å². The lowest BCUT2D eigenvalue weighted by atomic mass is 9.90. The van der Waals surface area contributed by atoms with Gasteiger partial charge in [-0.3, -0.25) is 9.69 Å². The highest BCUT2D eigenvalue weighted by Crippen LogP contribution is 2.23. The molecule has 154 valence electrons. The molecule has 0 unspecified atom stereocenters. The van der Waals surface area contributed by atoms with Gasteiger partial charge >= 0.3 is 0 Å². The number of carbonyl (C=O) groups excluding carboxylic acids is 1. The first-order chi connectivity index (χ1) is 14.2. The SMILES string of the molecule is CC1CCN(C(=O)c2ccc(CN3CCC(Cc4ccccc4)CC3)cc2)CC1. The Morgan fingerprint density at radius 3 is 2.14 bits per heavy atom. The minimum absolute atomic E-state index is 0.199. The average molecular weight is 391 g/mol. The zero-order valence-corrected chi connectivity index (χ0v) is 17.7. The fourth-order valence-electron chi connectivity index (χ4n) is 4.70. The molecule has 1 amide bonds. The maximum atomic E-state index is 12.7. The van der Waals surface area contributed by atoms with Gasteiger partial charge in [-0.15, -0.1) is 0 Å². The molecule has 29 heavy (non-hydrogen) atoms. The molecular formula is C26H34N2O. The lowest BCUT2D eigenvalue weighted by Crippen LogP contribution is -2.37. The topological polar surface area (TPSA) is 23.6 Å². The smallest absolute Gasteiger partial charge is 0.253 e. The van der Waals surface area contributed by atoms with Crippen LogP contribution in [0.1, 0.15) is 54.1 Å². The van der Waals surface area contributed by atoms with E-state index in [-0.39, 0.29) is 5.91 Å². The summed E-state index contributed by atoms with van der Waals surface area (Å²) >= 11 is 0. The summed E-state index contributed by atoms with van der Waals surface area (Å²) in [6, 6.07) is 19.2. The molecule has 0 bridgehead atoms. The number of nitrogens with zero attached hydrogens (tertiary/aromatic N) is 2. The Labute approximate surface area is 175 Å². The summed E-state index contributed by atoms with van der Waals surface area (Å²) in [7, 11) is 0. The molecule has 0 spiro atoms. The molecule has 3 heteroatoms. The zero-order chi connectivity index (χ0) is 20.1. The Morgan fingerprint density at radius 2 is 1.48 bits per heavy atom. The van der Waals surface area contributed by atoms with Gasteiger partial charge in [-0.1, -0.05) is 49.4 Å². The molecule has 2 saturated heterocycles. The number of carbonyl (C=O) groups is 1. The molecule has 4 rings (SSSR count). The van der Waals surface area contributed by atoms with Gasteiger partial charge in [0, 0.05) is 25.2 Å². The van der Waals surface area contributed by atoms with Gasteiger partial charge in [-0.25, -0.2) is 0 Å². The van der Waals surface area contributed by atoms with Crippen molar-refractivity contribution in [2.24, 2.45) is 11.8 Å². The van der Waals surface area contributed by atoms with E-state index in [0.717, 1.165) is 49.9 Å². The van der Waals surface area contributed by atoms with E-state index in [1.54, 1.807) is 0 Å². The maximum Gasteiger partial charge on any atom is 0.253 e. The van der Waals surface area contributed by atoms with Crippen LogP contribution >= 0.6 is 0 Å². The molecular weight excluding hydrogens is 356 g/mol. The van der Waals surface area contributed by atoms with E-state index in [4.69, 9.17) is 0 Å². The lowest BCUT2D eigenvalue weighted by Gasteiger charge is -2.32. The summed E-state index contributed by atoms with van der Waals surface area (Å²) in [5, 5.41) is 0. The molecule has 0 N–H and O–H groups in total. The van der Waals surface area contributed by atoms with Crippen LogP contribution in [0.15, 0.2) is 54.6 Å². The first-order valence-corrected chi connectivity index (χ1v) is 11.3. The van der Waals surface area contributed by atoms with E-state index < -0.39 is 0 Å². The van der Waals surface area contributed by atoms with Crippen LogP contribution in [0, 0.1) is 11.8 Å². The Kier molecular flexibility index (Phi) is 6.66. The zero-order valence-electron chi connectivity index (χ0n) is 17.7. The summed E-state index contributed by atoms with van der Waals surface area (Å²) in [4.78, 5) is 17.3. The van der Waals surface area contributed by atoms with Crippen molar-refractivity contribution in [3.05, 3.63) is 71.3 Å². The molecule has 2 aromatic carbocycles. The predicted molar refractivity (Wildman–Crippen MR) is 119 cm³/mol. The molecule has 0 radical (unpaired) electrons. The fourth-order valence-corrected chi connectivity index (χ4v) is 4.70. The highest BCUT2D eigenvalue weighted by Gasteiger charge is 2.22. The van der Waals surface area contributed by atoms with Crippen LogP contribution in [0.2, 0.25) is 0 Å². The van der Waals surface area contributed by atoms with E-state index in [9.17, 15) is 4.79 Å². The van der Waals surface area contributed by atoms with E-state index >= 15 is 0 Å². The van der Waals surface area contributed by atoms with Gasteiger partial charge in [0.05, 0.1) is 0 Å². The van der Waals surface area contributed by atoms with Crippen molar-refractivity contribution >= 4 is 5.91 Å². The molecule has 0 aromatic heterocycles. The first kappa shape index (κ1) is 20.2. The maximum absolute atomic E-state index is 12.7. The van der Waals surface area contributed by atoms with Gasteiger partial charge in [0.15, 0.2) is 0 Å². The van der Waals surface area contributed by atoms with Crippen molar-refractivity contribution in [1.29, 1.82) is 0 Å². The molecule has 2 aliphatic heterocycles. The predicted octanol–water partition coefficient (Wildman–Crippen LogP) is 5.01. The minimum atomic E-state index is 0.199. The van der Waals surface area contributed by atoms with Gasteiger partial charge in [0.1, 0.15) is 0 Å². The first-order valence-electron chi connectivity index (χ1n) is 11.3. The quantitative estimate of drug-likeness (QED) is 0.716. The van der Waals surface area contributed by atoms with Crippen LogP contribution < -0.4 is 0 Å². The standard InChI is InChI=1S/C26H34N2O/c1-21-11-17-28(18-12-21)26(29)25-9-7-24(8-10-25)20-27-15-13-23(14-16-27)19-22-5-3-2-4-6-22/h2-10,21,23H,11-20H2,1H3. The number of rotatable bonds is 5. The number of hydrogen-bond acceptors (Lipinski definition) is 2. The summed E-state index contributed by atoms with van der Waals surface area (Å²) in [5.41, 5.74) is 3.62. The monoisotopic (exact) mass is 390 g/mol. The van der Waals surface area contributed by atoms with Crippen molar-refractivity contribution in [2.45, 2.75) is 45.6 Å². The van der Waals surface area contributed by atoms with Gasteiger partial charge < -0.3 is 4.90 Å². The lowest BCUT2D eigenvalue weighted by molar-refractivity contribution is 0.0697. The number of piperidine rings is 2. The second-order valence-corrected chi connectivity index (χ2v) is 9.08. The van der Waals surface area contributed by atoms with Crippen molar-refractivity contribution in [1.82, 2.24) is 9.80 Å². The average Bonchev–Trinajstić information content (AvgIpc) is 2.76. The summed E-state index contributed by atoms with van der Waals surface area (Å²) < 4.78 is 0. The van der Waals surface area contributed by atoms with E-state index in [0.29, 0.717) is 0 Å². The van der Waals surface area contributed by atoms with E-state index in [1.807, 2.05) is 17.0 Å². The highest BCUT2D eigenvalue weighted by molar-refractivity contribution is 5.94. The number of benzene rings is 2. The van der Waals surface area contributed by atoms with Crippen LogP contribution in [0.4, 0.5) is 0 Å². The Bertz CT molecular complexity index is 770. The van der Waals surface area contributed by atoms with Gasteiger partial charge in [0.25, 0.3) is 5.91 Å². The van der Waals surface area contributed by atoms with Crippen molar-refractivity contribution in [2.75, 3.05) is 26.2 Å². The minimum Gasteiger partial charge on any atom is -0.339 e. The largest absolute Gasteiger partial charge is 0.339 e. The fraction of sp³-hybridized carbons (Fsp3) is 0.500. The van der Waals surface area contributed by atoms with Crippen LogP contribution in [0.5, 0.6) is 0 Å². The van der Waals surface area contributed by atoms with Crippen LogP contribution in [0.25, 0.3) is 0 Å². The third kappa shape index (κ3) is 5.48. The Balaban J connectivity index is 1.25. The van der Waals surface area contributed by atoms with Gasteiger partial charge in [-0.2, -0.15) is 0 Å². The Morgan fingerprint density at radius 1 is 0.828 bits per heavy atom. The molecule has 0 atom stereocenters. The number of amides is 1. The third-order valence-electron chi connectivity index (χ3n) is 6.75. The molecule has 3 nitrogen and oxygen atoms in total. The second-order valence-electron chi connectivity index (χ2n) is 9.08. The van der Waals surface area contributed by atoms with E-state index in [2.05, 4.69) is 54.3 Å². The molecule has 2 heterocycles. The van der Waals surface area contributed by atoms with Crippen molar-refractivity contribution in [3.8, 4) is 0 Å². The van der Waals surface area contributed by atoms with E-state index in [1.165, 1.54) is 43.5 Å². The normalized spacial score (nSPS) is 19.4. The molecule has 0 aliphatic carbocycles. The molecule has 2 fully saturated rings. The Hall–Kier alpha value is -2.13. The molecule has 0 saturated carbocycles. The van der Waals surface area contributed by atoms with Gasteiger partial charge in [0.2, 0.25) is 0 Å². The second kappa shape index (κ2) is 9.58. The molecule has 2 aliphatic rings. The van der Waals surface area contributed by atoms with Crippen molar-refractivity contribution in [3.63, 3.8) is 0 Å². The summed E-state index contributed by atoms with van der Waals surface area (Å²) in [5.74, 6) is 1.75.